The molecule has 1 amide bonds. The Hall–Kier alpha value is -1.56. The summed E-state index contributed by atoms with van der Waals surface area (Å²) in [6.07, 6.45) is 5.71. The summed E-state index contributed by atoms with van der Waals surface area (Å²) in [7, 11) is 0. The molecule has 1 fully saturated rings. The van der Waals surface area contributed by atoms with E-state index in [0.29, 0.717) is 19.0 Å². The molecule has 3 rings (SSSR count). The van der Waals surface area contributed by atoms with Crippen molar-refractivity contribution in [1.82, 2.24) is 4.90 Å². The van der Waals surface area contributed by atoms with Crippen LogP contribution in [-0.4, -0.2) is 34.4 Å². The van der Waals surface area contributed by atoms with Crippen LogP contribution in [0.15, 0.2) is 16.6 Å². The maximum absolute atomic E-state index is 12.9. The van der Waals surface area contributed by atoms with Crippen molar-refractivity contribution < 1.29 is 10.0 Å². The Balaban J connectivity index is 1.73. The van der Waals surface area contributed by atoms with Crippen molar-refractivity contribution in [1.29, 1.82) is 0 Å². The fourth-order valence-corrected chi connectivity index (χ4v) is 4.07. The number of carbonyl (C=O) groups is 1. The molecule has 5 nitrogen and oxygen atoms in total. The fourth-order valence-electron chi connectivity index (χ4n) is 3.09. The summed E-state index contributed by atoms with van der Waals surface area (Å²) < 4.78 is 0. The Morgan fingerprint density at radius 3 is 3.00 bits per heavy atom. The van der Waals surface area contributed by atoms with Crippen LogP contribution in [-0.2, 0) is 11.2 Å². The van der Waals surface area contributed by atoms with E-state index >= 15 is 0 Å². The number of carbonyl (C=O) groups excluding carboxylic acids is 1. The van der Waals surface area contributed by atoms with Gasteiger partial charge in [-0.2, -0.15) is 0 Å². The number of thiophene rings is 1. The molecule has 2 aliphatic rings. The molecule has 0 aliphatic heterocycles. The highest BCUT2D eigenvalue weighted by Gasteiger charge is 2.37. The quantitative estimate of drug-likeness (QED) is 0.379. The third-order valence-electron chi connectivity index (χ3n) is 4.36. The van der Waals surface area contributed by atoms with Crippen molar-refractivity contribution in [3.8, 4) is 0 Å². The molecule has 1 unspecified atom stereocenters. The van der Waals surface area contributed by atoms with E-state index in [0.717, 1.165) is 32.1 Å². The minimum atomic E-state index is 0.00731. The highest BCUT2D eigenvalue weighted by Crippen LogP contribution is 2.38. The first-order valence-electron chi connectivity index (χ1n) is 7.54. The summed E-state index contributed by atoms with van der Waals surface area (Å²) in [6, 6.07) is 2.46. The van der Waals surface area contributed by atoms with E-state index < -0.39 is 0 Å². The third-order valence-corrected chi connectivity index (χ3v) is 5.35. The third kappa shape index (κ3) is 3.05. The fraction of sp³-hybridized carbons (Fsp3) is 0.600. The van der Waals surface area contributed by atoms with Gasteiger partial charge in [0.2, 0.25) is 5.91 Å². The minimum Gasteiger partial charge on any atom is -0.409 e. The Kier molecular flexibility index (Phi) is 4.14. The number of hydrogen-bond acceptors (Lipinski definition) is 4. The van der Waals surface area contributed by atoms with Gasteiger partial charge in [0.1, 0.15) is 5.84 Å². The number of nitrogens with zero attached hydrogens (tertiary/aromatic N) is 2. The number of hydrogen-bond donors (Lipinski definition) is 2. The predicted octanol–water partition coefficient (Wildman–Crippen LogP) is 2.30. The molecule has 1 atom stereocenters. The van der Waals surface area contributed by atoms with Gasteiger partial charge in [-0.25, -0.2) is 0 Å². The molecular weight excluding hydrogens is 286 g/mol. The zero-order chi connectivity index (χ0) is 14.8. The average molecular weight is 307 g/mol. The second-order valence-electron chi connectivity index (χ2n) is 5.85. The molecule has 6 heteroatoms. The lowest BCUT2D eigenvalue weighted by atomic mass is 9.86. The van der Waals surface area contributed by atoms with Crippen molar-refractivity contribution >= 4 is 23.1 Å². The van der Waals surface area contributed by atoms with Gasteiger partial charge in [0.05, 0.1) is 5.92 Å². The van der Waals surface area contributed by atoms with Gasteiger partial charge in [-0.3, -0.25) is 4.79 Å². The SMILES string of the molecule is N/C(CCN(C(=O)C1CCCc2sccc21)C1CC1)=N/O. The highest BCUT2D eigenvalue weighted by atomic mass is 32.1. The predicted molar refractivity (Wildman–Crippen MR) is 82.8 cm³/mol. The topological polar surface area (TPSA) is 78.9 Å². The van der Waals surface area contributed by atoms with Crippen LogP contribution in [0.1, 0.15) is 48.5 Å². The number of fused-ring (bicyclic) bond motifs is 1. The van der Waals surface area contributed by atoms with Crippen LogP contribution < -0.4 is 5.73 Å². The number of amides is 1. The first-order chi connectivity index (χ1) is 10.2. The Bertz CT molecular complexity index is 551. The summed E-state index contributed by atoms with van der Waals surface area (Å²) in [5.74, 6) is 0.420. The van der Waals surface area contributed by atoms with Crippen LogP contribution in [0, 0.1) is 0 Å². The van der Waals surface area contributed by atoms with E-state index in [1.807, 2.05) is 4.90 Å². The average Bonchev–Trinajstić information content (AvgIpc) is 3.22. The Morgan fingerprint density at radius 2 is 2.29 bits per heavy atom. The van der Waals surface area contributed by atoms with Crippen LogP contribution in [0.25, 0.3) is 0 Å². The van der Waals surface area contributed by atoms with Crippen LogP contribution in [0.5, 0.6) is 0 Å². The van der Waals surface area contributed by atoms with E-state index in [2.05, 4.69) is 16.6 Å². The van der Waals surface area contributed by atoms with Gasteiger partial charge in [-0.15, -0.1) is 11.3 Å². The molecule has 114 valence electrons. The standard InChI is InChI=1S/C15H21N3O2S/c16-14(17-20)6-8-18(10-4-5-10)15(19)12-2-1-3-13-11(12)7-9-21-13/h7,9-10,12,20H,1-6,8H2,(H2,16,17). The number of nitrogens with two attached hydrogens (primary N) is 1. The van der Waals surface area contributed by atoms with Gasteiger partial charge in [-0.05, 0) is 49.1 Å². The zero-order valence-electron chi connectivity index (χ0n) is 12.0. The molecule has 0 saturated heterocycles. The second-order valence-corrected chi connectivity index (χ2v) is 6.85. The van der Waals surface area contributed by atoms with Gasteiger partial charge in [0.25, 0.3) is 0 Å². The summed E-state index contributed by atoms with van der Waals surface area (Å²) >= 11 is 1.76. The summed E-state index contributed by atoms with van der Waals surface area (Å²) in [5.41, 5.74) is 6.77. The second kappa shape index (κ2) is 6.05. The van der Waals surface area contributed by atoms with Crippen molar-refractivity contribution in [3.05, 3.63) is 21.9 Å². The number of aryl methyl sites for hydroxylation is 1. The largest absolute Gasteiger partial charge is 0.409 e. The van der Waals surface area contributed by atoms with E-state index in [-0.39, 0.29) is 17.7 Å². The molecule has 21 heavy (non-hydrogen) atoms. The maximum Gasteiger partial charge on any atom is 0.230 e. The summed E-state index contributed by atoms with van der Waals surface area (Å²) in [6.45, 7) is 0.551. The van der Waals surface area contributed by atoms with Gasteiger partial charge in [0, 0.05) is 23.9 Å². The van der Waals surface area contributed by atoms with E-state index in [9.17, 15) is 4.79 Å². The minimum absolute atomic E-state index is 0.00731. The molecule has 0 spiro atoms. The summed E-state index contributed by atoms with van der Waals surface area (Å²) in [5, 5.41) is 13.7. The molecule has 2 aliphatic carbocycles. The Morgan fingerprint density at radius 1 is 1.48 bits per heavy atom. The molecule has 0 radical (unpaired) electrons. The van der Waals surface area contributed by atoms with Crippen LogP contribution in [0.2, 0.25) is 0 Å². The van der Waals surface area contributed by atoms with Gasteiger partial charge in [0.15, 0.2) is 0 Å². The first kappa shape index (κ1) is 14.4. The lowest BCUT2D eigenvalue weighted by Gasteiger charge is -2.29. The maximum atomic E-state index is 12.9. The molecule has 0 aromatic carbocycles. The molecule has 1 saturated carbocycles. The van der Waals surface area contributed by atoms with Crippen molar-refractivity contribution in [2.24, 2.45) is 10.9 Å². The van der Waals surface area contributed by atoms with Crippen molar-refractivity contribution in [2.75, 3.05) is 6.54 Å². The zero-order valence-corrected chi connectivity index (χ0v) is 12.8. The van der Waals surface area contributed by atoms with E-state index in [1.165, 1.54) is 10.4 Å². The van der Waals surface area contributed by atoms with Crippen molar-refractivity contribution in [2.45, 2.75) is 50.5 Å². The number of amidine groups is 1. The van der Waals surface area contributed by atoms with Gasteiger partial charge >= 0.3 is 0 Å². The highest BCUT2D eigenvalue weighted by molar-refractivity contribution is 7.10. The molecule has 1 aromatic heterocycles. The van der Waals surface area contributed by atoms with E-state index in [1.54, 1.807) is 11.3 Å². The molecule has 1 heterocycles. The lowest BCUT2D eigenvalue weighted by Crippen LogP contribution is -2.39. The van der Waals surface area contributed by atoms with Gasteiger partial charge < -0.3 is 15.8 Å². The van der Waals surface area contributed by atoms with Gasteiger partial charge in [-0.1, -0.05) is 5.16 Å². The smallest absolute Gasteiger partial charge is 0.230 e. The van der Waals surface area contributed by atoms with E-state index in [4.69, 9.17) is 10.9 Å². The van der Waals surface area contributed by atoms with Crippen LogP contribution in [0.3, 0.4) is 0 Å². The monoisotopic (exact) mass is 307 g/mol. The summed E-state index contributed by atoms with van der Waals surface area (Å²) in [4.78, 5) is 16.2. The lowest BCUT2D eigenvalue weighted by molar-refractivity contribution is -0.133. The first-order valence-corrected chi connectivity index (χ1v) is 8.42. The molecular formula is C15H21N3O2S. The van der Waals surface area contributed by atoms with Crippen molar-refractivity contribution in [3.63, 3.8) is 0 Å². The number of rotatable bonds is 5. The normalized spacial score (nSPS) is 21.9. The van der Waals surface area contributed by atoms with Crippen LogP contribution >= 0.6 is 11.3 Å². The Labute approximate surface area is 128 Å². The molecule has 1 aromatic rings. The van der Waals surface area contributed by atoms with Crippen LogP contribution in [0.4, 0.5) is 0 Å². The molecule has 0 bridgehead atoms. The number of oxime groups is 1. The molecule has 3 N–H and O–H groups in total.